The van der Waals surface area contributed by atoms with E-state index in [0.717, 1.165) is 21.3 Å². The summed E-state index contributed by atoms with van der Waals surface area (Å²) in [6, 6.07) is 13.7. The van der Waals surface area contributed by atoms with Crippen LogP contribution < -0.4 is 5.32 Å². The van der Waals surface area contributed by atoms with Gasteiger partial charge in [-0.3, -0.25) is 14.6 Å². The highest BCUT2D eigenvalue weighted by molar-refractivity contribution is 7.21. The van der Waals surface area contributed by atoms with E-state index in [4.69, 9.17) is 4.74 Å². The van der Waals surface area contributed by atoms with Gasteiger partial charge in [-0.05, 0) is 23.6 Å². The lowest BCUT2D eigenvalue weighted by molar-refractivity contribution is -0.136. The van der Waals surface area contributed by atoms with E-state index in [1.807, 2.05) is 42.5 Å². The second kappa shape index (κ2) is 8.71. The molecule has 1 aliphatic rings. The number of carbonyl (C=O) groups is 2. The van der Waals surface area contributed by atoms with Gasteiger partial charge >= 0.3 is 0 Å². The van der Waals surface area contributed by atoms with Crippen molar-refractivity contribution in [2.24, 2.45) is 0 Å². The molecule has 1 N–H and O–H groups in total. The Morgan fingerprint density at radius 1 is 1.24 bits per heavy atom. The molecule has 6 nitrogen and oxygen atoms in total. The number of ether oxygens (including phenoxy) is 1. The van der Waals surface area contributed by atoms with Crippen LogP contribution in [0.4, 0.5) is 0 Å². The number of thiophene rings is 1. The summed E-state index contributed by atoms with van der Waals surface area (Å²) in [6.45, 7) is 3.59. The Labute approximate surface area is 173 Å². The normalized spacial score (nSPS) is 16.7. The first kappa shape index (κ1) is 19.5. The number of fused-ring (bicyclic) bond motifs is 1. The van der Waals surface area contributed by atoms with Crippen LogP contribution in [-0.2, 0) is 16.0 Å². The lowest BCUT2D eigenvalue weighted by atomic mass is 10.0. The minimum Gasteiger partial charge on any atom is -0.370 e. The van der Waals surface area contributed by atoms with Crippen LogP contribution in [0.25, 0.3) is 10.1 Å². The Bertz CT molecular complexity index is 1020. The number of hydrogen-bond acceptors (Lipinski definition) is 5. The van der Waals surface area contributed by atoms with E-state index in [0.29, 0.717) is 37.5 Å². The van der Waals surface area contributed by atoms with E-state index in [1.165, 1.54) is 11.3 Å². The molecule has 4 rings (SSSR count). The Morgan fingerprint density at radius 3 is 2.86 bits per heavy atom. The topological polar surface area (TPSA) is 71.5 Å². The number of nitrogens with one attached hydrogen (secondary N) is 1. The Morgan fingerprint density at radius 2 is 2.07 bits per heavy atom. The van der Waals surface area contributed by atoms with Gasteiger partial charge in [0.2, 0.25) is 5.91 Å². The first-order chi connectivity index (χ1) is 14.1. The third-order valence-electron chi connectivity index (χ3n) is 5.07. The highest BCUT2D eigenvalue weighted by Gasteiger charge is 2.30. The van der Waals surface area contributed by atoms with E-state index in [9.17, 15) is 9.59 Å². The van der Waals surface area contributed by atoms with E-state index < -0.39 is 0 Å². The lowest BCUT2D eigenvalue weighted by Crippen LogP contribution is -2.41. The Hall–Kier alpha value is -2.77. The van der Waals surface area contributed by atoms with Gasteiger partial charge < -0.3 is 15.0 Å². The van der Waals surface area contributed by atoms with Gasteiger partial charge in [0.05, 0.1) is 18.0 Å². The van der Waals surface area contributed by atoms with Crippen LogP contribution in [0.1, 0.15) is 34.0 Å². The number of morpholine rings is 1. The molecule has 2 amide bonds. The van der Waals surface area contributed by atoms with E-state index in [2.05, 4.69) is 10.3 Å². The van der Waals surface area contributed by atoms with Crippen molar-refractivity contribution in [3.05, 3.63) is 64.8 Å². The highest BCUT2D eigenvalue weighted by atomic mass is 32.1. The molecule has 1 saturated heterocycles. The number of pyridine rings is 1. The fourth-order valence-electron chi connectivity index (χ4n) is 3.59. The molecule has 29 heavy (non-hydrogen) atoms. The van der Waals surface area contributed by atoms with Crippen LogP contribution in [-0.4, -0.2) is 47.9 Å². The maximum Gasteiger partial charge on any atom is 0.261 e. The van der Waals surface area contributed by atoms with Crippen LogP contribution in [0, 0.1) is 0 Å². The van der Waals surface area contributed by atoms with Crippen LogP contribution in [0.2, 0.25) is 0 Å². The van der Waals surface area contributed by atoms with Gasteiger partial charge in [-0.25, -0.2) is 0 Å². The molecule has 1 fully saturated rings. The molecular formula is C22H23N3O3S. The van der Waals surface area contributed by atoms with Crippen molar-refractivity contribution < 1.29 is 14.3 Å². The molecule has 150 valence electrons. The summed E-state index contributed by atoms with van der Waals surface area (Å²) in [6.07, 6.45) is 2.12. The second-order valence-electron chi connectivity index (χ2n) is 6.99. The van der Waals surface area contributed by atoms with Crippen molar-refractivity contribution in [3.63, 3.8) is 0 Å². The summed E-state index contributed by atoms with van der Waals surface area (Å²) >= 11 is 1.47. The van der Waals surface area contributed by atoms with Crippen molar-refractivity contribution in [2.45, 2.75) is 19.4 Å². The summed E-state index contributed by atoms with van der Waals surface area (Å²) < 4.78 is 7.04. The zero-order chi connectivity index (χ0) is 20.2. The SMILES string of the molecule is CC(=O)N1CCOC(c2c(C(=O)NCCc3ccccn3)sc3ccccc23)C1. The molecule has 0 radical (unpaired) electrons. The number of nitrogens with zero attached hydrogens (tertiary/aromatic N) is 2. The van der Waals surface area contributed by atoms with Crippen LogP contribution in [0.5, 0.6) is 0 Å². The van der Waals surface area contributed by atoms with Crippen molar-refractivity contribution >= 4 is 33.2 Å². The van der Waals surface area contributed by atoms with Crippen molar-refractivity contribution in [1.29, 1.82) is 0 Å². The fraction of sp³-hybridized carbons (Fsp3) is 0.318. The maximum atomic E-state index is 13.0. The second-order valence-corrected chi connectivity index (χ2v) is 8.04. The van der Waals surface area contributed by atoms with E-state index in [1.54, 1.807) is 18.0 Å². The summed E-state index contributed by atoms with van der Waals surface area (Å²) in [7, 11) is 0. The van der Waals surface area contributed by atoms with Crippen LogP contribution >= 0.6 is 11.3 Å². The van der Waals surface area contributed by atoms with Gasteiger partial charge in [0.25, 0.3) is 5.91 Å². The molecule has 1 aliphatic heterocycles. The Balaban J connectivity index is 1.57. The van der Waals surface area contributed by atoms with Gasteiger partial charge in [-0.15, -0.1) is 11.3 Å². The zero-order valence-corrected chi connectivity index (χ0v) is 17.1. The number of rotatable bonds is 5. The van der Waals surface area contributed by atoms with Crippen LogP contribution in [0.15, 0.2) is 48.7 Å². The van der Waals surface area contributed by atoms with E-state index in [-0.39, 0.29) is 17.9 Å². The summed E-state index contributed by atoms with van der Waals surface area (Å²) in [5, 5.41) is 4.03. The predicted molar refractivity (Wildman–Crippen MR) is 113 cm³/mol. The molecule has 2 aromatic heterocycles. The summed E-state index contributed by atoms with van der Waals surface area (Å²) in [5.74, 6) is -0.0834. The highest BCUT2D eigenvalue weighted by Crippen LogP contribution is 2.38. The van der Waals surface area contributed by atoms with Crippen molar-refractivity contribution in [3.8, 4) is 0 Å². The average Bonchev–Trinajstić information content (AvgIpc) is 3.14. The van der Waals surface area contributed by atoms with Gasteiger partial charge in [0, 0.05) is 48.6 Å². The van der Waals surface area contributed by atoms with Crippen molar-refractivity contribution in [1.82, 2.24) is 15.2 Å². The third kappa shape index (κ3) is 4.31. The largest absolute Gasteiger partial charge is 0.370 e. The molecule has 0 bridgehead atoms. The zero-order valence-electron chi connectivity index (χ0n) is 16.3. The number of carbonyl (C=O) groups excluding carboxylic acids is 2. The summed E-state index contributed by atoms with van der Waals surface area (Å²) in [5.41, 5.74) is 1.82. The molecular weight excluding hydrogens is 386 g/mol. The first-order valence-electron chi connectivity index (χ1n) is 9.70. The number of hydrogen-bond donors (Lipinski definition) is 1. The maximum absolute atomic E-state index is 13.0. The van der Waals surface area contributed by atoms with E-state index >= 15 is 0 Å². The number of aromatic nitrogens is 1. The quantitative estimate of drug-likeness (QED) is 0.703. The molecule has 0 saturated carbocycles. The molecule has 3 heterocycles. The minimum absolute atomic E-state index is 0.0270. The predicted octanol–water partition coefficient (Wildman–Crippen LogP) is 3.19. The van der Waals surface area contributed by atoms with Gasteiger partial charge in [-0.1, -0.05) is 24.3 Å². The molecule has 0 spiro atoms. The molecule has 3 aromatic rings. The third-order valence-corrected chi connectivity index (χ3v) is 6.25. The molecule has 1 aromatic carbocycles. The molecule has 7 heteroatoms. The van der Waals surface area contributed by atoms with Gasteiger partial charge in [0.15, 0.2) is 0 Å². The minimum atomic E-state index is -0.305. The van der Waals surface area contributed by atoms with Crippen LogP contribution in [0.3, 0.4) is 0 Å². The Kier molecular flexibility index (Phi) is 5.87. The average molecular weight is 410 g/mol. The summed E-state index contributed by atoms with van der Waals surface area (Å²) in [4.78, 5) is 31.6. The number of benzene rings is 1. The van der Waals surface area contributed by atoms with Gasteiger partial charge in [0.1, 0.15) is 6.10 Å². The van der Waals surface area contributed by atoms with Crippen molar-refractivity contribution in [2.75, 3.05) is 26.2 Å². The smallest absolute Gasteiger partial charge is 0.261 e. The van der Waals surface area contributed by atoms with Gasteiger partial charge in [-0.2, -0.15) is 0 Å². The monoisotopic (exact) mass is 409 g/mol. The first-order valence-corrected chi connectivity index (χ1v) is 10.5. The standard InChI is InChI=1S/C22H23N3O3S/c1-15(26)25-12-13-28-18(14-25)20-17-7-2-3-8-19(17)29-21(20)22(27)24-11-9-16-6-4-5-10-23-16/h2-8,10,18H,9,11-14H2,1H3,(H,24,27). The fourth-order valence-corrected chi connectivity index (χ4v) is 4.76. The molecule has 1 unspecified atom stereocenters. The lowest BCUT2D eigenvalue weighted by Gasteiger charge is -2.32. The molecule has 1 atom stereocenters. The molecule has 0 aliphatic carbocycles. The number of amides is 2.